The number of rotatable bonds is 6. The van der Waals surface area contributed by atoms with Crippen LogP contribution in [-0.2, 0) is 11.0 Å². The molecule has 21 heavy (non-hydrogen) atoms. The van der Waals surface area contributed by atoms with E-state index in [4.69, 9.17) is 5.26 Å². The van der Waals surface area contributed by atoms with E-state index in [0.29, 0.717) is 24.8 Å². The Labute approximate surface area is 122 Å². The van der Waals surface area contributed by atoms with Gasteiger partial charge >= 0.3 is 6.18 Å². The molecule has 0 radical (unpaired) electrons. The van der Waals surface area contributed by atoms with Gasteiger partial charge in [0.05, 0.1) is 11.6 Å². The topological polar surface area (TPSA) is 40.9 Å². The smallest absolute Gasteiger partial charge is 0.298 e. The molecule has 0 aliphatic heterocycles. The zero-order valence-corrected chi connectivity index (χ0v) is 12.1. The highest BCUT2D eigenvalue weighted by molar-refractivity contribution is 5.82. The fourth-order valence-corrected chi connectivity index (χ4v) is 2.15. The van der Waals surface area contributed by atoms with E-state index < -0.39 is 17.7 Å². The maximum atomic E-state index is 12.7. The molecule has 0 saturated carbocycles. The third kappa shape index (κ3) is 4.89. The van der Waals surface area contributed by atoms with Gasteiger partial charge in [0.2, 0.25) is 0 Å². The van der Waals surface area contributed by atoms with Crippen LogP contribution in [0.15, 0.2) is 24.3 Å². The summed E-state index contributed by atoms with van der Waals surface area (Å²) in [6.45, 7) is 3.50. The Morgan fingerprint density at radius 2 is 2.00 bits per heavy atom. The van der Waals surface area contributed by atoms with Crippen LogP contribution in [0.5, 0.6) is 0 Å². The number of halogens is 3. The lowest BCUT2D eigenvalue weighted by atomic mass is 9.89. The fourth-order valence-electron chi connectivity index (χ4n) is 2.15. The van der Waals surface area contributed by atoms with Crippen molar-refractivity contribution >= 4 is 5.78 Å². The molecule has 0 heterocycles. The predicted octanol–water partition coefficient (Wildman–Crippen LogP) is 4.71. The molecule has 1 aromatic rings. The minimum atomic E-state index is -4.36. The summed E-state index contributed by atoms with van der Waals surface area (Å²) < 4.78 is 38.0. The molecular formula is C16H18F3NO. The standard InChI is InChI=1S/C16H18F3NO/c1-3-15(21)13(10-20)8-7-11(2)12-5-4-6-14(9-12)16(17,18)19/h4-6,9,11,13H,3,7-8H2,1-2H3. The summed E-state index contributed by atoms with van der Waals surface area (Å²) in [7, 11) is 0. The van der Waals surface area contributed by atoms with Gasteiger partial charge in [0.25, 0.3) is 0 Å². The van der Waals surface area contributed by atoms with Crippen LogP contribution >= 0.6 is 0 Å². The first-order valence-corrected chi connectivity index (χ1v) is 6.89. The van der Waals surface area contributed by atoms with Crippen molar-refractivity contribution in [2.45, 2.75) is 45.2 Å². The molecule has 0 aliphatic rings. The second-order valence-electron chi connectivity index (χ2n) is 5.10. The molecule has 0 amide bonds. The van der Waals surface area contributed by atoms with E-state index in [-0.39, 0.29) is 11.7 Å². The Morgan fingerprint density at radius 1 is 1.33 bits per heavy atom. The summed E-state index contributed by atoms with van der Waals surface area (Å²) in [5.74, 6) is -0.912. The number of hydrogen-bond acceptors (Lipinski definition) is 2. The zero-order chi connectivity index (χ0) is 16.0. The fraction of sp³-hybridized carbons (Fsp3) is 0.500. The van der Waals surface area contributed by atoms with Crippen molar-refractivity contribution in [1.82, 2.24) is 0 Å². The molecule has 2 atom stereocenters. The third-order valence-electron chi connectivity index (χ3n) is 3.56. The molecule has 2 unspecified atom stereocenters. The summed E-state index contributed by atoms with van der Waals surface area (Å²) in [6.07, 6.45) is -3.18. The highest BCUT2D eigenvalue weighted by Crippen LogP contribution is 2.32. The van der Waals surface area contributed by atoms with Crippen LogP contribution in [0, 0.1) is 17.2 Å². The van der Waals surface area contributed by atoms with Crippen molar-refractivity contribution in [2.75, 3.05) is 0 Å². The lowest BCUT2D eigenvalue weighted by molar-refractivity contribution is -0.137. The van der Waals surface area contributed by atoms with Crippen LogP contribution in [0.1, 0.15) is 50.2 Å². The van der Waals surface area contributed by atoms with Gasteiger partial charge in [-0.2, -0.15) is 18.4 Å². The number of nitriles is 1. The molecule has 1 rings (SSSR count). The van der Waals surface area contributed by atoms with E-state index in [1.807, 2.05) is 6.07 Å². The van der Waals surface area contributed by atoms with Crippen molar-refractivity contribution in [3.8, 4) is 6.07 Å². The normalized spacial score (nSPS) is 14.3. The van der Waals surface area contributed by atoms with Crippen molar-refractivity contribution in [3.05, 3.63) is 35.4 Å². The molecule has 0 bridgehead atoms. The second kappa shape index (κ2) is 7.26. The Bertz CT molecular complexity index is 531. The van der Waals surface area contributed by atoms with Crippen LogP contribution in [0.4, 0.5) is 13.2 Å². The van der Waals surface area contributed by atoms with Gasteiger partial charge < -0.3 is 0 Å². The van der Waals surface area contributed by atoms with E-state index in [9.17, 15) is 18.0 Å². The monoisotopic (exact) mass is 297 g/mol. The molecule has 0 aliphatic carbocycles. The van der Waals surface area contributed by atoms with E-state index in [1.54, 1.807) is 19.9 Å². The zero-order valence-electron chi connectivity index (χ0n) is 12.1. The maximum absolute atomic E-state index is 12.7. The molecule has 0 saturated heterocycles. The van der Waals surface area contributed by atoms with Crippen molar-refractivity contribution in [1.29, 1.82) is 5.26 Å². The summed E-state index contributed by atoms with van der Waals surface area (Å²) in [4.78, 5) is 11.5. The van der Waals surface area contributed by atoms with Gasteiger partial charge in [-0.3, -0.25) is 4.79 Å². The number of ketones is 1. The Balaban J connectivity index is 2.74. The predicted molar refractivity (Wildman–Crippen MR) is 73.5 cm³/mol. The minimum absolute atomic E-state index is 0.117. The number of nitrogens with zero attached hydrogens (tertiary/aromatic N) is 1. The summed E-state index contributed by atoms with van der Waals surface area (Å²) in [6, 6.07) is 7.16. The van der Waals surface area contributed by atoms with E-state index in [2.05, 4.69) is 0 Å². The maximum Gasteiger partial charge on any atom is 0.416 e. The summed E-state index contributed by atoms with van der Waals surface area (Å²) in [5.41, 5.74) is -0.0984. The number of alkyl halides is 3. The first-order chi connectivity index (χ1) is 9.79. The molecular weight excluding hydrogens is 279 g/mol. The molecule has 0 fully saturated rings. The lowest BCUT2D eigenvalue weighted by Gasteiger charge is -2.15. The van der Waals surface area contributed by atoms with E-state index in [0.717, 1.165) is 12.1 Å². The number of hydrogen-bond donors (Lipinski definition) is 0. The van der Waals surface area contributed by atoms with Crippen LogP contribution in [0.3, 0.4) is 0 Å². The van der Waals surface area contributed by atoms with Gasteiger partial charge in [-0.05, 0) is 30.4 Å². The molecule has 0 aromatic heterocycles. The molecule has 114 valence electrons. The first-order valence-electron chi connectivity index (χ1n) is 6.89. The summed E-state index contributed by atoms with van der Waals surface area (Å²) in [5, 5.41) is 8.94. The van der Waals surface area contributed by atoms with Gasteiger partial charge in [-0.15, -0.1) is 0 Å². The highest BCUT2D eigenvalue weighted by atomic mass is 19.4. The molecule has 0 N–H and O–H groups in total. The largest absolute Gasteiger partial charge is 0.416 e. The van der Waals surface area contributed by atoms with E-state index >= 15 is 0 Å². The van der Waals surface area contributed by atoms with Crippen molar-refractivity contribution in [2.24, 2.45) is 5.92 Å². The molecule has 0 spiro atoms. The molecule has 2 nitrogen and oxygen atoms in total. The van der Waals surface area contributed by atoms with Crippen molar-refractivity contribution in [3.63, 3.8) is 0 Å². The Morgan fingerprint density at radius 3 is 2.52 bits per heavy atom. The number of carbonyl (C=O) groups excluding carboxylic acids is 1. The van der Waals surface area contributed by atoms with Gasteiger partial charge in [0, 0.05) is 6.42 Å². The average molecular weight is 297 g/mol. The van der Waals surface area contributed by atoms with Crippen LogP contribution < -0.4 is 0 Å². The lowest BCUT2D eigenvalue weighted by Crippen LogP contribution is -2.12. The van der Waals surface area contributed by atoms with Gasteiger partial charge in [-0.1, -0.05) is 32.0 Å². The van der Waals surface area contributed by atoms with Gasteiger partial charge in [0.1, 0.15) is 11.7 Å². The van der Waals surface area contributed by atoms with Crippen LogP contribution in [0.2, 0.25) is 0 Å². The average Bonchev–Trinajstić information content (AvgIpc) is 2.46. The van der Waals surface area contributed by atoms with Crippen molar-refractivity contribution < 1.29 is 18.0 Å². The Hall–Kier alpha value is -1.83. The SMILES string of the molecule is CCC(=O)C(C#N)CCC(C)c1cccc(C(F)(F)F)c1. The van der Waals surface area contributed by atoms with E-state index in [1.165, 1.54) is 6.07 Å². The van der Waals surface area contributed by atoms with Gasteiger partial charge in [0.15, 0.2) is 0 Å². The minimum Gasteiger partial charge on any atom is -0.298 e. The van der Waals surface area contributed by atoms with Gasteiger partial charge in [-0.25, -0.2) is 0 Å². The van der Waals surface area contributed by atoms with Crippen LogP contribution in [0.25, 0.3) is 0 Å². The molecule has 5 heteroatoms. The number of benzene rings is 1. The quantitative estimate of drug-likeness (QED) is 0.763. The number of Topliss-reactive ketones (excluding diaryl/α,β-unsaturated/α-hetero) is 1. The highest BCUT2D eigenvalue weighted by Gasteiger charge is 2.30. The third-order valence-corrected chi connectivity index (χ3v) is 3.56. The Kier molecular flexibility index (Phi) is 5.95. The summed E-state index contributed by atoms with van der Waals surface area (Å²) >= 11 is 0. The molecule has 1 aromatic carbocycles. The number of carbonyl (C=O) groups is 1. The second-order valence-corrected chi connectivity index (χ2v) is 5.10. The van der Waals surface area contributed by atoms with Crippen LogP contribution in [-0.4, -0.2) is 5.78 Å². The first kappa shape index (κ1) is 17.2.